The van der Waals surface area contributed by atoms with Gasteiger partial charge in [0.05, 0.1) is 7.11 Å². The predicted octanol–water partition coefficient (Wildman–Crippen LogP) is 4.05. The summed E-state index contributed by atoms with van der Waals surface area (Å²) in [6, 6.07) is 6.03. The summed E-state index contributed by atoms with van der Waals surface area (Å²) in [6.45, 7) is 6.71. The lowest BCUT2D eigenvalue weighted by Gasteiger charge is -2.57. The first-order chi connectivity index (χ1) is 13.7. The molecule has 2 N–H and O–H groups in total. The highest BCUT2D eigenvalue weighted by Gasteiger charge is 2.50. The Kier molecular flexibility index (Phi) is 5.54. The Bertz CT molecular complexity index is 718. The fourth-order valence-corrected chi connectivity index (χ4v) is 6.16. The Balaban J connectivity index is 1.35. The van der Waals surface area contributed by atoms with Crippen molar-refractivity contribution in [1.82, 2.24) is 10.6 Å². The molecule has 1 aromatic rings. The topological polar surface area (TPSA) is 59.6 Å². The fourth-order valence-electron chi connectivity index (χ4n) is 6.16. The standard InChI is InChI=1S/C24H36N2O3/c1-23(2,3)26-22(27)15-29-20-6-5-16(10-21(20)28-4)14-25-24-11-17-7-18(12-24)9-19(8-17)13-24/h5-6,10,17-19,25H,7-9,11-15H2,1-4H3,(H,26,27). The molecule has 1 amide bonds. The largest absolute Gasteiger partial charge is 0.493 e. The second-order valence-corrected chi connectivity index (χ2v) is 10.6. The first-order valence-corrected chi connectivity index (χ1v) is 11.1. The number of hydrogen-bond acceptors (Lipinski definition) is 4. The average Bonchev–Trinajstić information content (AvgIpc) is 2.62. The van der Waals surface area contributed by atoms with Crippen molar-refractivity contribution in [3.8, 4) is 11.5 Å². The monoisotopic (exact) mass is 400 g/mol. The van der Waals surface area contributed by atoms with Crippen LogP contribution in [0.5, 0.6) is 11.5 Å². The van der Waals surface area contributed by atoms with E-state index >= 15 is 0 Å². The van der Waals surface area contributed by atoms with Gasteiger partial charge in [0.25, 0.3) is 5.91 Å². The van der Waals surface area contributed by atoms with Crippen molar-refractivity contribution in [2.75, 3.05) is 13.7 Å². The van der Waals surface area contributed by atoms with Crippen LogP contribution in [-0.4, -0.2) is 30.7 Å². The Hall–Kier alpha value is -1.75. The van der Waals surface area contributed by atoms with E-state index in [1.807, 2.05) is 32.9 Å². The van der Waals surface area contributed by atoms with Crippen molar-refractivity contribution < 1.29 is 14.3 Å². The van der Waals surface area contributed by atoms with Crippen LogP contribution in [0.3, 0.4) is 0 Å². The van der Waals surface area contributed by atoms with Crippen LogP contribution >= 0.6 is 0 Å². The van der Waals surface area contributed by atoms with Crippen LogP contribution in [0.4, 0.5) is 0 Å². The van der Waals surface area contributed by atoms with E-state index in [0.29, 0.717) is 17.0 Å². The lowest BCUT2D eigenvalue weighted by Crippen LogP contribution is -2.58. The number of benzene rings is 1. The first-order valence-electron chi connectivity index (χ1n) is 11.1. The van der Waals surface area contributed by atoms with Crippen LogP contribution < -0.4 is 20.1 Å². The van der Waals surface area contributed by atoms with E-state index < -0.39 is 0 Å². The second kappa shape index (κ2) is 7.82. The molecular weight excluding hydrogens is 364 g/mol. The molecule has 1 aromatic carbocycles. The summed E-state index contributed by atoms with van der Waals surface area (Å²) in [5.74, 6) is 3.98. The number of rotatable bonds is 7. The van der Waals surface area contributed by atoms with Crippen LogP contribution in [-0.2, 0) is 11.3 Å². The average molecular weight is 401 g/mol. The molecular formula is C24H36N2O3. The number of carbonyl (C=O) groups is 1. The molecule has 5 nitrogen and oxygen atoms in total. The molecule has 0 spiro atoms. The molecule has 29 heavy (non-hydrogen) atoms. The van der Waals surface area contributed by atoms with Crippen LogP contribution in [0, 0.1) is 17.8 Å². The van der Waals surface area contributed by atoms with E-state index in [1.165, 1.54) is 44.1 Å². The molecule has 4 aliphatic rings. The predicted molar refractivity (Wildman–Crippen MR) is 114 cm³/mol. The van der Waals surface area contributed by atoms with Gasteiger partial charge in [-0.1, -0.05) is 6.07 Å². The molecule has 0 heterocycles. The molecule has 0 aliphatic heterocycles. The summed E-state index contributed by atoms with van der Waals surface area (Å²) in [5, 5.41) is 6.84. The van der Waals surface area contributed by atoms with Crippen LogP contribution in [0.1, 0.15) is 64.9 Å². The molecule has 4 bridgehead atoms. The number of nitrogens with one attached hydrogen (secondary N) is 2. The van der Waals surface area contributed by atoms with Gasteiger partial charge in [0.2, 0.25) is 0 Å². The van der Waals surface area contributed by atoms with E-state index in [4.69, 9.17) is 9.47 Å². The van der Waals surface area contributed by atoms with E-state index in [0.717, 1.165) is 24.3 Å². The number of methoxy groups -OCH3 is 1. The summed E-state index contributed by atoms with van der Waals surface area (Å²) < 4.78 is 11.2. The van der Waals surface area contributed by atoms with Crippen LogP contribution in [0.2, 0.25) is 0 Å². The summed E-state index contributed by atoms with van der Waals surface area (Å²) >= 11 is 0. The second-order valence-electron chi connectivity index (χ2n) is 10.6. The maximum Gasteiger partial charge on any atom is 0.258 e. The third kappa shape index (κ3) is 4.88. The zero-order valence-corrected chi connectivity index (χ0v) is 18.3. The number of amides is 1. The van der Waals surface area contributed by atoms with Gasteiger partial charge in [0, 0.05) is 17.6 Å². The van der Waals surface area contributed by atoms with Crippen molar-refractivity contribution in [2.24, 2.45) is 17.8 Å². The summed E-state index contributed by atoms with van der Waals surface area (Å²) in [7, 11) is 1.65. The van der Waals surface area contributed by atoms with Crippen LogP contribution in [0.15, 0.2) is 18.2 Å². The minimum atomic E-state index is -0.267. The SMILES string of the molecule is COc1cc(CNC23CC4CC(CC(C4)C2)C3)ccc1OCC(=O)NC(C)(C)C. The van der Waals surface area contributed by atoms with Crippen molar-refractivity contribution in [3.05, 3.63) is 23.8 Å². The molecule has 4 fully saturated rings. The van der Waals surface area contributed by atoms with Gasteiger partial charge in [0.15, 0.2) is 18.1 Å². The van der Waals surface area contributed by atoms with E-state index in [-0.39, 0.29) is 18.1 Å². The van der Waals surface area contributed by atoms with E-state index in [2.05, 4.69) is 16.7 Å². The Labute approximate surface area is 174 Å². The highest BCUT2D eigenvalue weighted by Crippen LogP contribution is 2.55. The van der Waals surface area contributed by atoms with E-state index in [1.54, 1.807) is 7.11 Å². The maximum atomic E-state index is 12.0. The number of carbonyl (C=O) groups excluding carboxylic acids is 1. The molecule has 160 valence electrons. The van der Waals surface area contributed by atoms with Crippen molar-refractivity contribution in [2.45, 2.75) is 76.9 Å². The lowest BCUT2D eigenvalue weighted by molar-refractivity contribution is -0.124. The van der Waals surface area contributed by atoms with Gasteiger partial charge in [-0.2, -0.15) is 0 Å². The van der Waals surface area contributed by atoms with Crippen molar-refractivity contribution >= 4 is 5.91 Å². The maximum absolute atomic E-state index is 12.0. The van der Waals surface area contributed by atoms with Crippen molar-refractivity contribution in [1.29, 1.82) is 0 Å². The molecule has 0 aromatic heterocycles. The van der Waals surface area contributed by atoms with Crippen molar-refractivity contribution in [3.63, 3.8) is 0 Å². The lowest BCUT2D eigenvalue weighted by atomic mass is 9.53. The molecule has 0 radical (unpaired) electrons. The summed E-state index contributed by atoms with van der Waals surface area (Å²) in [4.78, 5) is 12.0. The first kappa shape index (κ1) is 20.5. The van der Waals surface area contributed by atoms with Gasteiger partial charge >= 0.3 is 0 Å². The minimum Gasteiger partial charge on any atom is -0.493 e. The molecule has 0 unspecified atom stereocenters. The third-order valence-electron chi connectivity index (χ3n) is 6.81. The normalized spacial score (nSPS) is 30.3. The van der Waals surface area contributed by atoms with Gasteiger partial charge < -0.3 is 20.1 Å². The molecule has 0 saturated heterocycles. The quantitative estimate of drug-likeness (QED) is 0.725. The smallest absolute Gasteiger partial charge is 0.258 e. The molecule has 4 saturated carbocycles. The molecule has 5 rings (SSSR count). The highest BCUT2D eigenvalue weighted by atomic mass is 16.5. The van der Waals surface area contributed by atoms with Gasteiger partial charge in [-0.3, -0.25) is 4.79 Å². The van der Waals surface area contributed by atoms with Gasteiger partial charge in [-0.05, 0) is 94.7 Å². The molecule has 4 aliphatic carbocycles. The summed E-state index contributed by atoms with van der Waals surface area (Å²) in [5.41, 5.74) is 1.28. The Morgan fingerprint density at radius 3 is 2.24 bits per heavy atom. The van der Waals surface area contributed by atoms with Crippen LogP contribution in [0.25, 0.3) is 0 Å². The third-order valence-corrected chi connectivity index (χ3v) is 6.81. The molecule has 5 heteroatoms. The fraction of sp³-hybridized carbons (Fsp3) is 0.708. The molecule has 0 atom stereocenters. The summed E-state index contributed by atoms with van der Waals surface area (Å²) in [6.07, 6.45) is 8.43. The van der Waals surface area contributed by atoms with Gasteiger partial charge in [-0.25, -0.2) is 0 Å². The Morgan fingerprint density at radius 1 is 1.07 bits per heavy atom. The number of ether oxygens (including phenoxy) is 2. The Morgan fingerprint density at radius 2 is 1.69 bits per heavy atom. The zero-order valence-electron chi connectivity index (χ0n) is 18.3. The zero-order chi connectivity index (χ0) is 20.6. The van der Waals surface area contributed by atoms with E-state index in [9.17, 15) is 4.79 Å². The highest BCUT2D eigenvalue weighted by molar-refractivity contribution is 5.78. The van der Waals surface area contributed by atoms with Gasteiger partial charge in [0.1, 0.15) is 0 Å². The van der Waals surface area contributed by atoms with Gasteiger partial charge in [-0.15, -0.1) is 0 Å². The number of hydrogen-bond donors (Lipinski definition) is 2. The minimum absolute atomic E-state index is 0.0154.